The van der Waals surface area contributed by atoms with E-state index in [0.717, 1.165) is 42.0 Å². The summed E-state index contributed by atoms with van der Waals surface area (Å²) in [5, 5.41) is 0. The lowest BCUT2D eigenvalue weighted by Gasteiger charge is -2.33. The molecule has 1 fully saturated rings. The van der Waals surface area contributed by atoms with Crippen LogP contribution in [0.15, 0.2) is 33.7 Å². The molecule has 1 aliphatic heterocycles. The first kappa shape index (κ1) is 15.8. The fraction of sp³-hybridized carbons (Fsp3) is 0.467. The SMILES string of the molecule is Cc1cccc(OC2=NS(=O)(=O)N(C3CCCCC3)C(N)=N2)c1. The van der Waals surface area contributed by atoms with Gasteiger partial charge in [-0.2, -0.15) is 13.4 Å². The third kappa shape index (κ3) is 3.47. The van der Waals surface area contributed by atoms with Crippen LogP contribution < -0.4 is 10.5 Å². The first-order valence-corrected chi connectivity index (χ1v) is 9.08. The van der Waals surface area contributed by atoms with E-state index in [9.17, 15) is 8.42 Å². The molecule has 0 radical (unpaired) electrons. The number of aliphatic imine (C=N–C) groups is 1. The highest BCUT2D eigenvalue weighted by Gasteiger charge is 2.36. The maximum atomic E-state index is 12.5. The predicted octanol–water partition coefficient (Wildman–Crippen LogP) is 1.94. The summed E-state index contributed by atoms with van der Waals surface area (Å²) >= 11 is 0. The average Bonchev–Trinajstić information content (AvgIpc) is 2.46. The molecule has 0 spiro atoms. The van der Waals surface area contributed by atoms with Gasteiger partial charge in [0, 0.05) is 6.04 Å². The number of hydrogen-bond donors (Lipinski definition) is 1. The zero-order valence-electron chi connectivity index (χ0n) is 13.0. The van der Waals surface area contributed by atoms with Gasteiger partial charge in [-0.05, 0) is 37.5 Å². The molecular weight excluding hydrogens is 316 g/mol. The van der Waals surface area contributed by atoms with Crippen LogP contribution in [0, 0.1) is 6.92 Å². The molecule has 23 heavy (non-hydrogen) atoms. The van der Waals surface area contributed by atoms with Crippen LogP contribution in [0.3, 0.4) is 0 Å². The van der Waals surface area contributed by atoms with Crippen molar-refractivity contribution < 1.29 is 13.2 Å². The number of guanidine groups is 1. The Hall–Kier alpha value is -2.09. The maximum absolute atomic E-state index is 12.5. The number of benzene rings is 1. The van der Waals surface area contributed by atoms with E-state index in [2.05, 4.69) is 9.39 Å². The van der Waals surface area contributed by atoms with Crippen molar-refractivity contribution >= 4 is 22.2 Å². The summed E-state index contributed by atoms with van der Waals surface area (Å²) in [4.78, 5) is 4.03. The van der Waals surface area contributed by atoms with Gasteiger partial charge >= 0.3 is 16.2 Å². The van der Waals surface area contributed by atoms with E-state index < -0.39 is 10.2 Å². The molecule has 0 amide bonds. The number of ether oxygens (including phenoxy) is 1. The van der Waals surface area contributed by atoms with Gasteiger partial charge in [-0.1, -0.05) is 35.8 Å². The lowest BCUT2D eigenvalue weighted by atomic mass is 9.96. The Labute approximate surface area is 136 Å². The molecular formula is C15H20N4O3S. The van der Waals surface area contributed by atoms with Crippen LogP contribution in [-0.2, 0) is 10.2 Å². The molecule has 1 aromatic rings. The van der Waals surface area contributed by atoms with Crippen LogP contribution in [0.25, 0.3) is 0 Å². The molecule has 7 nitrogen and oxygen atoms in total. The van der Waals surface area contributed by atoms with Gasteiger partial charge in [-0.15, -0.1) is 0 Å². The summed E-state index contributed by atoms with van der Waals surface area (Å²) < 4.78 is 35.2. The van der Waals surface area contributed by atoms with E-state index in [1.165, 1.54) is 0 Å². The third-order valence-electron chi connectivity index (χ3n) is 3.98. The first-order valence-electron chi connectivity index (χ1n) is 7.69. The van der Waals surface area contributed by atoms with Crippen molar-refractivity contribution in [2.24, 2.45) is 15.1 Å². The number of amidine groups is 1. The number of aryl methyl sites for hydroxylation is 1. The fourth-order valence-electron chi connectivity index (χ4n) is 2.95. The highest BCUT2D eigenvalue weighted by Crippen LogP contribution is 2.27. The van der Waals surface area contributed by atoms with Crippen molar-refractivity contribution in [1.29, 1.82) is 0 Å². The second-order valence-corrected chi connectivity index (χ2v) is 7.30. The van der Waals surface area contributed by atoms with Crippen molar-refractivity contribution in [2.75, 3.05) is 0 Å². The highest BCUT2D eigenvalue weighted by atomic mass is 32.2. The van der Waals surface area contributed by atoms with Crippen molar-refractivity contribution in [3.8, 4) is 5.75 Å². The molecule has 0 aromatic heterocycles. The number of hydrogen-bond acceptors (Lipinski definition) is 5. The molecule has 1 saturated carbocycles. The number of nitrogens with two attached hydrogens (primary N) is 1. The van der Waals surface area contributed by atoms with E-state index in [1.54, 1.807) is 12.1 Å². The third-order valence-corrected chi connectivity index (χ3v) is 5.35. The lowest BCUT2D eigenvalue weighted by Crippen LogP contribution is -2.50. The summed E-state index contributed by atoms with van der Waals surface area (Å²) in [5.74, 6) is 0.399. The summed E-state index contributed by atoms with van der Waals surface area (Å²) in [7, 11) is -3.91. The van der Waals surface area contributed by atoms with Crippen LogP contribution in [0.4, 0.5) is 0 Å². The van der Waals surface area contributed by atoms with E-state index in [4.69, 9.17) is 10.5 Å². The molecule has 124 valence electrons. The van der Waals surface area contributed by atoms with E-state index in [-0.39, 0.29) is 18.0 Å². The maximum Gasteiger partial charge on any atom is 0.351 e. The zero-order chi connectivity index (χ0) is 16.4. The molecule has 1 heterocycles. The van der Waals surface area contributed by atoms with Crippen LogP contribution in [0.1, 0.15) is 37.7 Å². The predicted molar refractivity (Wildman–Crippen MR) is 88.5 cm³/mol. The monoisotopic (exact) mass is 336 g/mol. The van der Waals surface area contributed by atoms with Crippen molar-refractivity contribution in [3.63, 3.8) is 0 Å². The molecule has 1 aliphatic carbocycles. The van der Waals surface area contributed by atoms with Gasteiger partial charge in [0.1, 0.15) is 5.75 Å². The number of nitrogens with zero attached hydrogens (tertiary/aromatic N) is 3. The topological polar surface area (TPSA) is 97.3 Å². The minimum Gasteiger partial charge on any atom is -0.424 e. The lowest BCUT2D eigenvalue weighted by molar-refractivity contribution is 0.321. The Morgan fingerprint density at radius 3 is 2.65 bits per heavy atom. The minimum absolute atomic E-state index is 0.0745. The van der Waals surface area contributed by atoms with E-state index in [0.29, 0.717) is 5.75 Å². The van der Waals surface area contributed by atoms with Crippen LogP contribution in [0.5, 0.6) is 5.75 Å². The van der Waals surface area contributed by atoms with E-state index >= 15 is 0 Å². The molecule has 0 unspecified atom stereocenters. The smallest absolute Gasteiger partial charge is 0.351 e. The zero-order valence-corrected chi connectivity index (χ0v) is 13.8. The second-order valence-electron chi connectivity index (χ2n) is 5.83. The molecule has 1 aromatic carbocycles. The Kier molecular flexibility index (Phi) is 4.25. The standard InChI is InChI=1S/C15H20N4O3S/c1-11-6-5-9-13(10-11)22-15-17-14(16)19(23(20,21)18-15)12-7-3-2-4-8-12/h5-6,9-10,12H,2-4,7-8H2,1H3,(H2,16,17,18). The quantitative estimate of drug-likeness (QED) is 0.892. The second kappa shape index (κ2) is 6.19. The highest BCUT2D eigenvalue weighted by molar-refractivity contribution is 7.88. The molecule has 2 N–H and O–H groups in total. The van der Waals surface area contributed by atoms with Crippen molar-refractivity contribution in [1.82, 2.24) is 4.31 Å². The van der Waals surface area contributed by atoms with Crippen molar-refractivity contribution in [2.45, 2.75) is 45.1 Å². The largest absolute Gasteiger partial charge is 0.424 e. The normalized spacial score (nSPS) is 21.5. The van der Waals surface area contributed by atoms with Gasteiger partial charge in [0.2, 0.25) is 5.96 Å². The van der Waals surface area contributed by atoms with Gasteiger partial charge in [0.05, 0.1) is 0 Å². The van der Waals surface area contributed by atoms with Crippen LogP contribution >= 0.6 is 0 Å². The molecule has 3 rings (SSSR count). The van der Waals surface area contributed by atoms with Crippen LogP contribution in [-0.4, -0.2) is 30.7 Å². The Morgan fingerprint density at radius 2 is 2.00 bits per heavy atom. The summed E-state index contributed by atoms with van der Waals surface area (Å²) in [6.45, 7) is 1.91. The van der Waals surface area contributed by atoms with E-state index in [1.807, 2.05) is 19.1 Å². The Morgan fingerprint density at radius 1 is 1.26 bits per heavy atom. The summed E-state index contributed by atoms with van der Waals surface area (Å²) in [5.41, 5.74) is 6.88. The van der Waals surface area contributed by atoms with Crippen LogP contribution in [0.2, 0.25) is 0 Å². The molecule has 0 bridgehead atoms. The van der Waals surface area contributed by atoms with Gasteiger partial charge < -0.3 is 10.5 Å². The van der Waals surface area contributed by atoms with Gasteiger partial charge in [-0.3, -0.25) is 0 Å². The molecule has 0 atom stereocenters. The van der Waals surface area contributed by atoms with Gasteiger partial charge in [0.25, 0.3) is 0 Å². The molecule has 2 aliphatic rings. The molecule has 8 heteroatoms. The van der Waals surface area contributed by atoms with Gasteiger partial charge in [-0.25, -0.2) is 4.31 Å². The fourth-order valence-corrected chi connectivity index (χ4v) is 4.17. The minimum atomic E-state index is -3.91. The average molecular weight is 336 g/mol. The molecule has 0 saturated heterocycles. The Bertz CT molecular complexity index is 752. The first-order chi connectivity index (χ1) is 11.0. The Balaban J connectivity index is 1.84. The summed E-state index contributed by atoms with van der Waals surface area (Å²) in [6, 6.07) is 6.79. The van der Waals surface area contributed by atoms with Crippen molar-refractivity contribution in [3.05, 3.63) is 29.8 Å². The summed E-state index contributed by atoms with van der Waals surface area (Å²) in [6.07, 6.45) is 4.64. The van der Waals surface area contributed by atoms with Gasteiger partial charge in [0.15, 0.2) is 0 Å². The number of rotatable bonds is 2.